The number of piperidine rings is 1. The number of morpholine rings is 1. The zero-order chi connectivity index (χ0) is 26.2. The summed E-state index contributed by atoms with van der Waals surface area (Å²) in [6.45, 7) is 3.50. The highest BCUT2D eigenvalue weighted by Crippen LogP contribution is 2.35. The lowest BCUT2D eigenvalue weighted by atomic mass is 9.92. The molecule has 1 unspecified atom stereocenters. The molecular formula is C28H31N7O3. The lowest BCUT2D eigenvalue weighted by Crippen LogP contribution is -2.57. The second-order valence-electron chi connectivity index (χ2n) is 9.97. The maximum Gasteiger partial charge on any atom is 0.269 e. The first-order valence-corrected chi connectivity index (χ1v) is 12.9. The molecule has 0 saturated carbocycles. The summed E-state index contributed by atoms with van der Waals surface area (Å²) in [5.74, 6) is 1.73. The number of pyridine rings is 3. The Morgan fingerprint density at radius 1 is 1.11 bits per heavy atom. The van der Waals surface area contributed by atoms with Gasteiger partial charge in [0.15, 0.2) is 5.82 Å². The van der Waals surface area contributed by atoms with Crippen LogP contribution < -0.4 is 15.4 Å². The number of nitrogens with zero attached hydrogens (tertiary/aromatic N) is 5. The third-order valence-corrected chi connectivity index (χ3v) is 7.38. The van der Waals surface area contributed by atoms with Crippen molar-refractivity contribution in [3.63, 3.8) is 0 Å². The Morgan fingerprint density at radius 2 is 1.92 bits per heavy atom. The molecule has 2 fully saturated rings. The molecule has 4 aromatic heterocycles. The Kier molecular flexibility index (Phi) is 6.42. The molecule has 4 aromatic rings. The summed E-state index contributed by atoms with van der Waals surface area (Å²) in [6, 6.07) is 14.2. The third-order valence-electron chi connectivity index (χ3n) is 7.38. The Bertz CT molecular complexity index is 1470. The van der Waals surface area contributed by atoms with Crippen molar-refractivity contribution in [1.82, 2.24) is 29.8 Å². The molecule has 38 heavy (non-hydrogen) atoms. The fourth-order valence-corrected chi connectivity index (χ4v) is 5.30. The topological polar surface area (TPSA) is 106 Å². The number of likely N-dealkylation sites (N-methyl/N-ethyl adjacent to an activating group) is 1. The number of carbonyl (C=O) groups is 1. The van der Waals surface area contributed by atoms with Crippen LogP contribution in [0.2, 0.25) is 0 Å². The van der Waals surface area contributed by atoms with Crippen molar-refractivity contribution in [3.05, 3.63) is 66.2 Å². The van der Waals surface area contributed by atoms with Gasteiger partial charge >= 0.3 is 0 Å². The predicted octanol–water partition coefficient (Wildman–Crippen LogP) is 3.44. The summed E-state index contributed by atoms with van der Waals surface area (Å²) in [5, 5.41) is 10.4. The molecule has 2 aliphatic rings. The first-order chi connectivity index (χ1) is 18.5. The van der Waals surface area contributed by atoms with Crippen LogP contribution in [0.5, 0.6) is 5.75 Å². The fourth-order valence-electron chi connectivity index (χ4n) is 5.30. The second-order valence-corrected chi connectivity index (χ2v) is 9.97. The average molecular weight is 514 g/mol. The molecule has 2 N–H and O–H groups in total. The van der Waals surface area contributed by atoms with E-state index in [2.05, 4.69) is 49.8 Å². The van der Waals surface area contributed by atoms with E-state index in [1.165, 1.54) is 0 Å². The summed E-state index contributed by atoms with van der Waals surface area (Å²) >= 11 is 0. The van der Waals surface area contributed by atoms with Crippen molar-refractivity contribution >= 4 is 23.1 Å². The van der Waals surface area contributed by atoms with Crippen LogP contribution in [-0.4, -0.2) is 75.9 Å². The van der Waals surface area contributed by atoms with Crippen LogP contribution in [0.3, 0.4) is 0 Å². The van der Waals surface area contributed by atoms with Gasteiger partial charge in [0.25, 0.3) is 5.91 Å². The minimum absolute atomic E-state index is 0.126. The van der Waals surface area contributed by atoms with Gasteiger partial charge in [-0.3, -0.25) is 14.7 Å². The van der Waals surface area contributed by atoms with E-state index in [0.717, 1.165) is 54.1 Å². The first-order valence-electron chi connectivity index (χ1n) is 12.9. The average Bonchev–Trinajstić information content (AvgIpc) is 3.31. The van der Waals surface area contributed by atoms with Gasteiger partial charge in [0.05, 0.1) is 24.9 Å². The molecule has 6 rings (SSSR count). The van der Waals surface area contributed by atoms with Gasteiger partial charge in [-0.15, -0.1) is 0 Å². The molecule has 196 valence electrons. The summed E-state index contributed by atoms with van der Waals surface area (Å²) in [6.07, 6.45) is 5.77. The number of aromatic nitrogens is 4. The fraction of sp³-hybridized carbons (Fsp3) is 0.357. The molecule has 0 spiro atoms. The molecule has 2 bridgehead atoms. The van der Waals surface area contributed by atoms with Gasteiger partial charge in [-0.25, -0.2) is 9.50 Å². The van der Waals surface area contributed by atoms with Crippen LogP contribution in [0.15, 0.2) is 54.9 Å². The maximum atomic E-state index is 11.9. The number of anilines is 2. The van der Waals surface area contributed by atoms with Crippen LogP contribution in [0.4, 0.5) is 11.6 Å². The summed E-state index contributed by atoms with van der Waals surface area (Å²) in [4.78, 5) is 23.3. The molecule has 10 nitrogen and oxygen atoms in total. The van der Waals surface area contributed by atoms with Crippen molar-refractivity contribution in [1.29, 1.82) is 0 Å². The van der Waals surface area contributed by atoms with Crippen molar-refractivity contribution in [2.45, 2.75) is 38.0 Å². The second kappa shape index (κ2) is 10.0. The Labute approximate surface area is 221 Å². The highest BCUT2D eigenvalue weighted by Gasteiger charge is 2.38. The van der Waals surface area contributed by atoms with Gasteiger partial charge in [-0.2, -0.15) is 5.10 Å². The normalized spacial score (nSPS) is 21.3. The van der Waals surface area contributed by atoms with Crippen LogP contribution in [0, 0.1) is 6.92 Å². The molecule has 2 saturated heterocycles. The lowest BCUT2D eigenvalue weighted by Gasteiger charge is -2.46. The predicted molar refractivity (Wildman–Crippen MR) is 144 cm³/mol. The van der Waals surface area contributed by atoms with Crippen molar-refractivity contribution in [2.75, 3.05) is 32.6 Å². The number of ether oxygens (including phenoxy) is 2. The maximum absolute atomic E-state index is 11.9. The third kappa shape index (κ3) is 4.80. The smallest absolute Gasteiger partial charge is 0.269 e. The molecule has 1 amide bonds. The van der Waals surface area contributed by atoms with Crippen LogP contribution >= 0.6 is 0 Å². The van der Waals surface area contributed by atoms with E-state index in [0.29, 0.717) is 29.4 Å². The van der Waals surface area contributed by atoms with E-state index in [4.69, 9.17) is 9.47 Å². The highest BCUT2D eigenvalue weighted by molar-refractivity contribution is 5.92. The number of fused-ring (bicyclic) bond motifs is 3. The van der Waals surface area contributed by atoms with Gasteiger partial charge in [0.2, 0.25) is 0 Å². The van der Waals surface area contributed by atoms with E-state index in [1.807, 2.05) is 31.5 Å². The van der Waals surface area contributed by atoms with Gasteiger partial charge in [-0.05, 0) is 49.9 Å². The molecule has 6 heterocycles. The SMILES string of the molecule is CNC(=O)c1cccc(Nc2cc3cc(-c4cc(C)ncc4OC4C[C@H]5COC[C@@H](C4)N5C)ccn3n2)n1. The van der Waals surface area contributed by atoms with Crippen molar-refractivity contribution in [2.24, 2.45) is 0 Å². The monoisotopic (exact) mass is 513 g/mol. The Morgan fingerprint density at radius 3 is 2.71 bits per heavy atom. The van der Waals surface area contributed by atoms with Crippen LogP contribution in [-0.2, 0) is 4.74 Å². The quantitative estimate of drug-likeness (QED) is 0.404. The highest BCUT2D eigenvalue weighted by atomic mass is 16.5. The van der Waals surface area contributed by atoms with E-state index < -0.39 is 0 Å². The number of nitrogens with one attached hydrogen (secondary N) is 2. The first kappa shape index (κ1) is 24.3. The van der Waals surface area contributed by atoms with E-state index in [9.17, 15) is 4.79 Å². The zero-order valence-corrected chi connectivity index (χ0v) is 21.7. The lowest BCUT2D eigenvalue weighted by molar-refractivity contribution is -0.0879. The van der Waals surface area contributed by atoms with Crippen LogP contribution in [0.1, 0.15) is 29.0 Å². The molecule has 2 aliphatic heterocycles. The minimum Gasteiger partial charge on any atom is -0.488 e. The molecule has 0 aromatic carbocycles. The van der Waals surface area contributed by atoms with Gasteiger partial charge < -0.3 is 20.1 Å². The minimum atomic E-state index is -0.240. The Hall–Kier alpha value is -4.02. The number of aryl methyl sites for hydroxylation is 1. The van der Waals surface area contributed by atoms with Crippen molar-refractivity contribution < 1.29 is 14.3 Å². The Balaban J connectivity index is 1.25. The van der Waals surface area contributed by atoms with Gasteiger partial charge in [0.1, 0.15) is 23.4 Å². The van der Waals surface area contributed by atoms with Crippen LogP contribution in [0.25, 0.3) is 16.6 Å². The summed E-state index contributed by atoms with van der Waals surface area (Å²) < 4.78 is 14.2. The summed E-state index contributed by atoms with van der Waals surface area (Å²) in [5.41, 5.74) is 4.22. The number of amides is 1. The van der Waals surface area contributed by atoms with Gasteiger partial charge in [0, 0.05) is 55.5 Å². The van der Waals surface area contributed by atoms with E-state index in [1.54, 1.807) is 29.8 Å². The molecule has 0 radical (unpaired) electrons. The van der Waals surface area contributed by atoms with E-state index >= 15 is 0 Å². The standard InChI is InChI=1S/C28H31N7O3/c1-17-9-23(25(14-30-17)38-22-11-20-15-37-16-21(12-22)34(20)3)18-7-8-35-19(10-18)13-27(33-35)32-26-6-4-5-24(31-26)28(36)29-2/h4-10,13-14,20-22H,11-12,15-16H2,1-3H3,(H,29,36)(H,31,32,33)/t20-,21+,22?. The molecule has 3 atom stereocenters. The number of hydrogen-bond acceptors (Lipinski definition) is 8. The summed E-state index contributed by atoms with van der Waals surface area (Å²) in [7, 11) is 3.77. The number of carbonyl (C=O) groups excluding carboxylic acids is 1. The number of hydrogen-bond donors (Lipinski definition) is 2. The van der Waals surface area contributed by atoms with Gasteiger partial charge in [-0.1, -0.05) is 6.07 Å². The number of rotatable bonds is 6. The molecule has 0 aliphatic carbocycles. The molecular weight excluding hydrogens is 482 g/mol. The largest absolute Gasteiger partial charge is 0.488 e. The zero-order valence-electron chi connectivity index (χ0n) is 21.7. The molecule has 10 heteroatoms. The van der Waals surface area contributed by atoms with Crippen molar-refractivity contribution in [3.8, 4) is 16.9 Å². The van der Waals surface area contributed by atoms with E-state index in [-0.39, 0.29) is 12.0 Å².